The van der Waals surface area contributed by atoms with E-state index in [1.54, 1.807) is 11.3 Å². The number of hydrogen-bond acceptors (Lipinski definition) is 7. The summed E-state index contributed by atoms with van der Waals surface area (Å²) in [6.45, 7) is 8.28. The first-order valence-corrected chi connectivity index (χ1v) is 12.2. The molecule has 0 unspecified atom stereocenters. The molecule has 0 amide bonds. The van der Waals surface area contributed by atoms with E-state index in [2.05, 4.69) is 39.0 Å². The van der Waals surface area contributed by atoms with Gasteiger partial charge in [0.1, 0.15) is 0 Å². The molecular formula is C24H33N3O3S. The van der Waals surface area contributed by atoms with Gasteiger partial charge in [0.25, 0.3) is 0 Å². The van der Waals surface area contributed by atoms with Gasteiger partial charge in [-0.2, -0.15) is 0 Å². The molecule has 0 radical (unpaired) electrons. The van der Waals surface area contributed by atoms with Crippen molar-refractivity contribution in [3.63, 3.8) is 0 Å². The molecule has 31 heavy (non-hydrogen) atoms. The molecular weight excluding hydrogens is 410 g/mol. The molecule has 0 saturated carbocycles. The van der Waals surface area contributed by atoms with E-state index < -0.39 is 5.41 Å². The third kappa shape index (κ3) is 5.64. The van der Waals surface area contributed by atoms with E-state index in [1.807, 2.05) is 19.2 Å². The van der Waals surface area contributed by atoms with Crippen molar-refractivity contribution in [2.24, 2.45) is 5.41 Å². The highest BCUT2D eigenvalue weighted by atomic mass is 32.1. The predicted octanol–water partition coefficient (Wildman–Crippen LogP) is 3.76. The van der Waals surface area contributed by atoms with Crippen LogP contribution in [0.1, 0.15) is 36.6 Å². The number of aryl methyl sites for hydroxylation is 1. The van der Waals surface area contributed by atoms with Crippen LogP contribution in [0.5, 0.6) is 0 Å². The largest absolute Gasteiger partial charge is 0.466 e. The Kier molecular flexibility index (Phi) is 7.58. The fourth-order valence-electron chi connectivity index (χ4n) is 4.64. The van der Waals surface area contributed by atoms with E-state index in [-0.39, 0.29) is 5.97 Å². The van der Waals surface area contributed by atoms with Crippen LogP contribution >= 0.6 is 11.3 Å². The summed E-state index contributed by atoms with van der Waals surface area (Å²) in [5, 5.41) is 1.08. The lowest BCUT2D eigenvalue weighted by molar-refractivity contribution is -0.160. The summed E-state index contributed by atoms with van der Waals surface area (Å²) in [4.78, 5) is 23.7. The average molecular weight is 444 g/mol. The van der Waals surface area contributed by atoms with Gasteiger partial charge in [0.05, 0.1) is 25.2 Å². The van der Waals surface area contributed by atoms with E-state index in [1.165, 1.54) is 10.4 Å². The van der Waals surface area contributed by atoms with Crippen LogP contribution in [0.2, 0.25) is 0 Å². The lowest BCUT2D eigenvalue weighted by Gasteiger charge is -2.41. The molecule has 2 aliphatic heterocycles. The Hall–Kier alpha value is -1.96. The lowest BCUT2D eigenvalue weighted by atomic mass is 9.75. The summed E-state index contributed by atoms with van der Waals surface area (Å²) in [6, 6.07) is 10.5. The van der Waals surface area contributed by atoms with Gasteiger partial charge in [0, 0.05) is 37.3 Å². The summed E-state index contributed by atoms with van der Waals surface area (Å²) >= 11 is 1.76. The van der Waals surface area contributed by atoms with Crippen LogP contribution in [0, 0.1) is 5.41 Å². The number of ether oxygens (including phenoxy) is 2. The van der Waals surface area contributed by atoms with Gasteiger partial charge in [-0.3, -0.25) is 9.69 Å². The van der Waals surface area contributed by atoms with Crippen molar-refractivity contribution in [1.82, 2.24) is 9.88 Å². The molecule has 0 aliphatic carbocycles. The molecule has 2 fully saturated rings. The molecule has 1 aromatic heterocycles. The van der Waals surface area contributed by atoms with Crippen molar-refractivity contribution in [2.75, 3.05) is 50.9 Å². The first kappa shape index (κ1) is 22.2. The van der Waals surface area contributed by atoms with E-state index >= 15 is 0 Å². The van der Waals surface area contributed by atoms with E-state index in [0.29, 0.717) is 6.61 Å². The first-order valence-electron chi connectivity index (χ1n) is 11.4. The minimum Gasteiger partial charge on any atom is -0.466 e. The minimum atomic E-state index is -0.429. The van der Waals surface area contributed by atoms with E-state index in [0.717, 1.165) is 76.8 Å². The van der Waals surface area contributed by atoms with Crippen LogP contribution in [-0.4, -0.2) is 61.9 Å². The highest BCUT2D eigenvalue weighted by Crippen LogP contribution is 2.37. The molecule has 2 aromatic rings. The van der Waals surface area contributed by atoms with Crippen molar-refractivity contribution in [2.45, 2.75) is 39.2 Å². The molecule has 0 spiro atoms. The first-order chi connectivity index (χ1) is 15.2. The van der Waals surface area contributed by atoms with Gasteiger partial charge in [-0.05, 0) is 44.7 Å². The lowest BCUT2D eigenvalue weighted by Crippen LogP contribution is -2.48. The number of benzene rings is 1. The van der Waals surface area contributed by atoms with Gasteiger partial charge in [-0.25, -0.2) is 4.98 Å². The van der Waals surface area contributed by atoms with Gasteiger partial charge < -0.3 is 14.4 Å². The van der Waals surface area contributed by atoms with Crippen molar-refractivity contribution in [3.05, 3.63) is 47.0 Å². The Labute approximate surface area is 189 Å². The number of hydrogen-bond donors (Lipinski definition) is 0. The second-order valence-electron chi connectivity index (χ2n) is 8.51. The summed E-state index contributed by atoms with van der Waals surface area (Å²) in [5.41, 5.74) is 0.850. The fraction of sp³-hybridized carbons (Fsp3) is 0.583. The average Bonchev–Trinajstić information content (AvgIpc) is 3.28. The van der Waals surface area contributed by atoms with Crippen LogP contribution in [0.3, 0.4) is 0 Å². The quantitative estimate of drug-likeness (QED) is 0.579. The van der Waals surface area contributed by atoms with E-state index in [9.17, 15) is 4.79 Å². The third-order valence-electron chi connectivity index (χ3n) is 6.30. The highest BCUT2D eigenvalue weighted by Gasteiger charge is 2.43. The number of carbonyl (C=O) groups is 1. The second-order valence-corrected chi connectivity index (χ2v) is 9.60. The third-order valence-corrected chi connectivity index (χ3v) is 7.34. The van der Waals surface area contributed by atoms with Crippen LogP contribution in [0.4, 0.5) is 5.13 Å². The predicted molar refractivity (Wildman–Crippen MR) is 123 cm³/mol. The zero-order valence-corrected chi connectivity index (χ0v) is 19.2. The SMILES string of the molecule is CCOC(=O)[C@]1(CCc2ccccc2)CCCN(Cc2cnc(N3CCOCC3)s2)C1. The number of rotatable bonds is 8. The molecule has 2 saturated heterocycles. The zero-order chi connectivity index (χ0) is 21.5. The summed E-state index contributed by atoms with van der Waals surface area (Å²) in [7, 11) is 0. The minimum absolute atomic E-state index is 0.0334. The van der Waals surface area contributed by atoms with Gasteiger partial charge in [0.15, 0.2) is 5.13 Å². The molecule has 0 N–H and O–H groups in total. The number of esters is 1. The van der Waals surface area contributed by atoms with Crippen LogP contribution in [-0.2, 0) is 27.2 Å². The molecule has 3 heterocycles. The topological polar surface area (TPSA) is 54.9 Å². The standard InChI is InChI=1S/C24H33N3O3S/c1-2-30-22(28)24(11-9-20-7-4-3-5-8-20)10-6-12-26(19-24)18-21-17-25-23(31-21)27-13-15-29-16-14-27/h3-5,7-8,17H,2,6,9-16,18-19H2,1H3/t24-/m0/s1. The monoisotopic (exact) mass is 443 g/mol. The second kappa shape index (κ2) is 10.6. The van der Waals surface area contributed by atoms with Crippen molar-refractivity contribution >= 4 is 22.4 Å². The molecule has 2 aliphatic rings. The number of piperidine rings is 1. The van der Waals surface area contributed by atoms with Crippen molar-refractivity contribution < 1.29 is 14.3 Å². The van der Waals surface area contributed by atoms with Gasteiger partial charge in [0.2, 0.25) is 0 Å². The molecule has 168 valence electrons. The number of morpholine rings is 1. The highest BCUT2D eigenvalue weighted by molar-refractivity contribution is 7.15. The van der Waals surface area contributed by atoms with Crippen LogP contribution in [0.15, 0.2) is 36.5 Å². The molecule has 4 rings (SSSR count). The Bertz CT molecular complexity index is 838. The molecule has 1 atom stereocenters. The number of anilines is 1. The number of carbonyl (C=O) groups excluding carboxylic acids is 1. The van der Waals surface area contributed by atoms with Crippen LogP contribution < -0.4 is 4.90 Å². The van der Waals surface area contributed by atoms with Gasteiger partial charge in [-0.1, -0.05) is 30.3 Å². The molecule has 7 heteroatoms. The number of thiazole rings is 1. The number of likely N-dealkylation sites (tertiary alicyclic amines) is 1. The van der Waals surface area contributed by atoms with Crippen LogP contribution in [0.25, 0.3) is 0 Å². The van der Waals surface area contributed by atoms with Gasteiger partial charge in [-0.15, -0.1) is 11.3 Å². The normalized spacial score (nSPS) is 22.4. The van der Waals surface area contributed by atoms with E-state index in [4.69, 9.17) is 9.47 Å². The maximum absolute atomic E-state index is 13.1. The Balaban J connectivity index is 1.43. The Morgan fingerprint density at radius 2 is 2.03 bits per heavy atom. The van der Waals surface area contributed by atoms with Gasteiger partial charge >= 0.3 is 5.97 Å². The number of aromatic nitrogens is 1. The van der Waals surface area contributed by atoms with Crippen molar-refractivity contribution in [3.8, 4) is 0 Å². The Morgan fingerprint density at radius 1 is 1.23 bits per heavy atom. The maximum Gasteiger partial charge on any atom is 0.313 e. The Morgan fingerprint density at radius 3 is 2.81 bits per heavy atom. The smallest absolute Gasteiger partial charge is 0.313 e. The number of nitrogens with zero attached hydrogens (tertiary/aromatic N) is 3. The summed E-state index contributed by atoms with van der Waals surface area (Å²) in [6.07, 6.45) is 5.64. The summed E-state index contributed by atoms with van der Waals surface area (Å²) < 4.78 is 11.0. The van der Waals surface area contributed by atoms with Crippen molar-refractivity contribution in [1.29, 1.82) is 0 Å². The molecule has 6 nitrogen and oxygen atoms in total. The molecule has 1 aromatic carbocycles. The molecule has 0 bridgehead atoms. The maximum atomic E-state index is 13.1. The fourth-order valence-corrected chi connectivity index (χ4v) is 5.64. The summed E-state index contributed by atoms with van der Waals surface area (Å²) in [5.74, 6) is -0.0334. The zero-order valence-electron chi connectivity index (χ0n) is 18.4.